The Kier molecular flexibility index (Phi) is 5.14. The molecule has 1 aliphatic heterocycles. The standard InChI is InChI=1S/C18H16.C6H6O3S/c1-3-7-15-13(5-1)9-11-18-16-8-4-2-6-14(16)10-12-17(15)18;7-5-6-1-3-10(8,9)4-2-6/h1,3,5,7,9-12H,2,4,6,8H2;1-3,5H,4H2. The van der Waals surface area contributed by atoms with E-state index in [2.05, 4.69) is 48.5 Å². The lowest BCUT2D eigenvalue weighted by Gasteiger charge is -2.18. The smallest absolute Gasteiger partial charge is 0.175 e. The summed E-state index contributed by atoms with van der Waals surface area (Å²) in [4.78, 5) is 10.1. The molecule has 28 heavy (non-hydrogen) atoms. The Balaban J connectivity index is 0.000000165. The van der Waals surface area contributed by atoms with Gasteiger partial charge in [0.1, 0.15) is 6.29 Å². The monoisotopic (exact) mass is 390 g/mol. The molecule has 0 fully saturated rings. The van der Waals surface area contributed by atoms with E-state index in [4.69, 9.17) is 0 Å². The summed E-state index contributed by atoms with van der Waals surface area (Å²) in [6, 6.07) is 18.0. The highest BCUT2D eigenvalue weighted by Gasteiger charge is 2.13. The zero-order valence-electron chi connectivity index (χ0n) is 15.6. The number of sulfone groups is 1. The minimum atomic E-state index is -3.04. The highest BCUT2D eigenvalue weighted by Crippen LogP contribution is 2.33. The van der Waals surface area contributed by atoms with Crippen LogP contribution in [0.3, 0.4) is 0 Å². The molecule has 0 bridgehead atoms. The minimum Gasteiger partial charge on any atom is -0.298 e. The van der Waals surface area contributed by atoms with Crippen molar-refractivity contribution in [3.05, 3.63) is 82.8 Å². The van der Waals surface area contributed by atoms with Crippen molar-refractivity contribution in [2.24, 2.45) is 0 Å². The third-order valence-corrected chi connectivity index (χ3v) is 6.59. The molecule has 3 aromatic rings. The summed E-state index contributed by atoms with van der Waals surface area (Å²) in [5.74, 6) is -0.0580. The third-order valence-electron chi connectivity index (χ3n) is 5.41. The molecule has 0 saturated heterocycles. The van der Waals surface area contributed by atoms with Gasteiger partial charge in [0.25, 0.3) is 0 Å². The predicted octanol–water partition coefficient (Wildman–Crippen LogP) is 4.93. The van der Waals surface area contributed by atoms with Gasteiger partial charge < -0.3 is 0 Å². The first kappa shape index (κ1) is 18.6. The first-order chi connectivity index (χ1) is 13.6. The largest absolute Gasteiger partial charge is 0.298 e. The summed E-state index contributed by atoms with van der Waals surface area (Å²) in [6.45, 7) is 0. The Morgan fingerprint density at radius 2 is 1.61 bits per heavy atom. The van der Waals surface area contributed by atoms with Crippen LogP contribution in [0.4, 0.5) is 0 Å². The summed E-state index contributed by atoms with van der Waals surface area (Å²) in [6.07, 6.45) is 8.54. The van der Waals surface area contributed by atoms with Gasteiger partial charge in [0.2, 0.25) is 0 Å². The lowest BCUT2D eigenvalue weighted by atomic mass is 9.86. The Hall–Kier alpha value is -2.72. The van der Waals surface area contributed by atoms with E-state index in [-0.39, 0.29) is 5.75 Å². The number of hydrogen-bond donors (Lipinski definition) is 0. The van der Waals surface area contributed by atoms with Crippen LogP contribution in [-0.4, -0.2) is 20.5 Å². The van der Waals surface area contributed by atoms with Crippen molar-refractivity contribution in [3.8, 4) is 0 Å². The molecule has 3 nitrogen and oxygen atoms in total. The second-order valence-corrected chi connectivity index (χ2v) is 9.18. The van der Waals surface area contributed by atoms with Crippen molar-refractivity contribution in [2.45, 2.75) is 25.7 Å². The topological polar surface area (TPSA) is 51.2 Å². The van der Waals surface area contributed by atoms with Crippen molar-refractivity contribution in [2.75, 3.05) is 5.75 Å². The molecule has 5 rings (SSSR count). The summed E-state index contributed by atoms with van der Waals surface area (Å²) >= 11 is 0. The van der Waals surface area contributed by atoms with Crippen molar-refractivity contribution < 1.29 is 13.2 Å². The molecular weight excluding hydrogens is 368 g/mol. The number of allylic oxidation sites excluding steroid dienone is 2. The molecule has 1 aliphatic carbocycles. The second kappa shape index (κ2) is 7.72. The number of benzene rings is 3. The summed E-state index contributed by atoms with van der Waals surface area (Å²) in [5.41, 5.74) is 3.60. The summed E-state index contributed by atoms with van der Waals surface area (Å²) in [7, 11) is -3.04. The lowest BCUT2D eigenvalue weighted by Crippen LogP contribution is -2.04. The molecule has 0 saturated carbocycles. The minimum absolute atomic E-state index is 0.0580. The van der Waals surface area contributed by atoms with Gasteiger partial charge in [-0.3, -0.25) is 4.79 Å². The maximum atomic E-state index is 10.7. The molecule has 0 spiro atoms. The van der Waals surface area contributed by atoms with E-state index in [1.807, 2.05) is 0 Å². The van der Waals surface area contributed by atoms with Crippen molar-refractivity contribution >= 4 is 37.7 Å². The molecule has 0 atom stereocenters. The molecule has 3 aromatic carbocycles. The van der Waals surface area contributed by atoms with E-state index in [0.29, 0.717) is 11.9 Å². The zero-order chi connectivity index (χ0) is 19.6. The highest BCUT2D eigenvalue weighted by molar-refractivity contribution is 7.94. The Labute approximate surface area is 165 Å². The molecule has 4 heteroatoms. The number of aldehydes is 1. The molecule has 0 radical (unpaired) electrons. The summed E-state index contributed by atoms with van der Waals surface area (Å²) in [5, 5.41) is 6.69. The van der Waals surface area contributed by atoms with Crippen molar-refractivity contribution in [3.63, 3.8) is 0 Å². The fraction of sp³-hybridized carbons (Fsp3) is 0.208. The molecule has 2 aliphatic rings. The first-order valence-electron chi connectivity index (χ1n) is 9.56. The fourth-order valence-corrected chi connectivity index (χ4v) is 4.85. The molecule has 0 amide bonds. The summed E-state index contributed by atoms with van der Waals surface area (Å²) < 4.78 is 21.3. The van der Waals surface area contributed by atoms with Crippen LogP contribution in [0.5, 0.6) is 0 Å². The van der Waals surface area contributed by atoms with E-state index >= 15 is 0 Å². The SMILES string of the molecule is O=CC1=CCS(=O)(=O)C=C1.c1ccc2c(c1)ccc1c3c(ccc12)CCCC3. The van der Waals surface area contributed by atoms with Crippen LogP contribution in [0.25, 0.3) is 21.5 Å². The average Bonchev–Trinajstić information content (AvgIpc) is 2.74. The van der Waals surface area contributed by atoms with E-state index in [0.717, 1.165) is 5.41 Å². The maximum absolute atomic E-state index is 10.7. The number of hydrogen-bond acceptors (Lipinski definition) is 3. The average molecular weight is 391 g/mol. The van der Waals surface area contributed by atoms with Crippen LogP contribution in [0.2, 0.25) is 0 Å². The molecule has 142 valence electrons. The zero-order valence-corrected chi connectivity index (χ0v) is 16.4. The van der Waals surface area contributed by atoms with Crippen LogP contribution in [0.15, 0.2) is 71.7 Å². The molecule has 0 unspecified atom stereocenters. The van der Waals surface area contributed by atoms with Gasteiger partial charge in [0.05, 0.1) is 5.75 Å². The van der Waals surface area contributed by atoms with Gasteiger partial charge in [-0.25, -0.2) is 8.42 Å². The number of carbonyl (C=O) groups excluding carboxylic acids is 1. The van der Waals surface area contributed by atoms with E-state index in [1.54, 1.807) is 11.1 Å². The van der Waals surface area contributed by atoms with Crippen LogP contribution in [0, 0.1) is 0 Å². The van der Waals surface area contributed by atoms with Crippen molar-refractivity contribution in [1.29, 1.82) is 0 Å². The Bertz CT molecular complexity index is 1210. The normalized spacial score (nSPS) is 17.4. The number of carbonyl (C=O) groups is 1. The molecule has 1 heterocycles. The van der Waals surface area contributed by atoms with E-state index < -0.39 is 9.84 Å². The molecule has 0 N–H and O–H groups in total. The van der Waals surface area contributed by atoms with Crippen LogP contribution < -0.4 is 0 Å². The molecular formula is C24H22O3S. The van der Waals surface area contributed by atoms with Crippen molar-refractivity contribution in [1.82, 2.24) is 0 Å². The van der Waals surface area contributed by atoms with E-state index in [1.165, 1.54) is 59.4 Å². The predicted molar refractivity (Wildman–Crippen MR) is 115 cm³/mol. The van der Waals surface area contributed by atoms with E-state index in [9.17, 15) is 13.2 Å². The first-order valence-corrected chi connectivity index (χ1v) is 11.3. The number of fused-ring (bicyclic) bond motifs is 5. The van der Waals surface area contributed by atoms with Gasteiger partial charge in [-0.15, -0.1) is 0 Å². The Morgan fingerprint density at radius 1 is 0.821 bits per heavy atom. The fourth-order valence-electron chi connectivity index (χ4n) is 3.95. The second-order valence-electron chi connectivity index (χ2n) is 7.25. The lowest BCUT2D eigenvalue weighted by molar-refractivity contribution is -0.104. The van der Waals surface area contributed by atoms with Gasteiger partial charge >= 0.3 is 0 Å². The quantitative estimate of drug-likeness (QED) is 0.437. The van der Waals surface area contributed by atoms with Gasteiger partial charge in [-0.2, -0.15) is 0 Å². The van der Waals surface area contributed by atoms with Crippen LogP contribution in [-0.2, 0) is 27.5 Å². The van der Waals surface area contributed by atoms with Gasteiger partial charge in [-0.05, 0) is 64.4 Å². The van der Waals surface area contributed by atoms with Crippen LogP contribution in [0.1, 0.15) is 24.0 Å². The highest BCUT2D eigenvalue weighted by atomic mass is 32.2. The number of rotatable bonds is 1. The van der Waals surface area contributed by atoms with Gasteiger partial charge in [0, 0.05) is 11.0 Å². The van der Waals surface area contributed by atoms with Gasteiger partial charge in [-0.1, -0.05) is 54.6 Å². The third kappa shape index (κ3) is 3.78. The van der Waals surface area contributed by atoms with Crippen LogP contribution >= 0.6 is 0 Å². The maximum Gasteiger partial charge on any atom is 0.175 e. The van der Waals surface area contributed by atoms with Gasteiger partial charge in [0.15, 0.2) is 9.84 Å². The molecule has 0 aromatic heterocycles. The number of aryl methyl sites for hydroxylation is 2. The Morgan fingerprint density at radius 3 is 2.39 bits per heavy atom.